The van der Waals surface area contributed by atoms with Crippen molar-refractivity contribution in [3.8, 4) is 5.69 Å². The number of hydrogen-bond acceptors (Lipinski definition) is 4. The summed E-state index contributed by atoms with van der Waals surface area (Å²) < 4.78 is 1.69. The zero-order valence-electron chi connectivity index (χ0n) is 10.7. The van der Waals surface area contributed by atoms with Crippen LogP contribution in [0.1, 0.15) is 26.6 Å². The fourth-order valence-electron chi connectivity index (χ4n) is 1.47. The molecule has 6 heteroatoms. The Morgan fingerprint density at radius 3 is 2.78 bits per heavy atom. The third-order valence-electron chi connectivity index (χ3n) is 2.36. The Hall–Kier alpha value is -1.46. The van der Waals surface area contributed by atoms with E-state index < -0.39 is 0 Å². The lowest BCUT2D eigenvalue weighted by Gasteiger charge is -2.19. The zero-order chi connectivity index (χ0) is 13.2. The highest BCUT2D eigenvalue weighted by Crippen LogP contribution is 2.14. The van der Waals surface area contributed by atoms with Crippen molar-refractivity contribution in [3.05, 3.63) is 35.1 Å². The molecule has 2 rings (SSSR count). The molecule has 1 aromatic carbocycles. The summed E-state index contributed by atoms with van der Waals surface area (Å²) in [6, 6.07) is 7.45. The quantitative estimate of drug-likeness (QED) is 0.924. The maximum Gasteiger partial charge on any atom is 0.170 e. The van der Waals surface area contributed by atoms with Crippen molar-refractivity contribution < 1.29 is 0 Å². The van der Waals surface area contributed by atoms with E-state index in [-0.39, 0.29) is 5.54 Å². The van der Waals surface area contributed by atoms with Gasteiger partial charge in [0, 0.05) is 10.6 Å². The second-order valence-electron chi connectivity index (χ2n) is 5.09. The number of rotatable bonds is 3. The predicted octanol–water partition coefficient (Wildman–Crippen LogP) is 2.20. The van der Waals surface area contributed by atoms with Crippen molar-refractivity contribution in [1.29, 1.82) is 0 Å². The molecule has 0 spiro atoms. The van der Waals surface area contributed by atoms with Crippen LogP contribution in [0.15, 0.2) is 24.3 Å². The predicted molar refractivity (Wildman–Crippen MR) is 70.8 cm³/mol. The van der Waals surface area contributed by atoms with Crippen molar-refractivity contribution in [3.63, 3.8) is 0 Å². The largest absolute Gasteiger partial charge is 0.305 e. The molecule has 0 saturated carbocycles. The van der Waals surface area contributed by atoms with E-state index in [1.165, 1.54) is 0 Å². The van der Waals surface area contributed by atoms with Crippen LogP contribution < -0.4 is 5.32 Å². The molecule has 0 unspecified atom stereocenters. The van der Waals surface area contributed by atoms with E-state index in [1.807, 2.05) is 24.3 Å². The van der Waals surface area contributed by atoms with E-state index in [9.17, 15) is 0 Å². The first kappa shape index (κ1) is 13.0. The highest BCUT2D eigenvalue weighted by Gasteiger charge is 2.13. The smallest absolute Gasteiger partial charge is 0.170 e. The number of hydrogen-bond donors (Lipinski definition) is 1. The first-order chi connectivity index (χ1) is 8.46. The average Bonchev–Trinajstić information content (AvgIpc) is 2.73. The van der Waals surface area contributed by atoms with E-state index in [0.717, 1.165) is 11.5 Å². The number of halogens is 1. The van der Waals surface area contributed by atoms with Crippen LogP contribution in [0.4, 0.5) is 0 Å². The van der Waals surface area contributed by atoms with Crippen LogP contribution >= 0.6 is 11.6 Å². The maximum atomic E-state index is 5.97. The minimum atomic E-state index is 0.0190. The standard InChI is InChI=1S/C12H16ClN5/c1-12(2,3)14-8-11-15-16-17-18(11)10-6-4-5-9(13)7-10/h4-7,14H,8H2,1-3H3. The van der Waals surface area contributed by atoms with Crippen molar-refractivity contribution in [2.45, 2.75) is 32.9 Å². The second kappa shape index (κ2) is 5.04. The third kappa shape index (κ3) is 3.27. The van der Waals surface area contributed by atoms with Crippen molar-refractivity contribution in [2.75, 3.05) is 0 Å². The fourth-order valence-corrected chi connectivity index (χ4v) is 1.65. The molecule has 0 fully saturated rings. The molecular weight excluding hydrogens is 250 g/mol. The topological polar surface area (TPSA) is 55.6 Å². The highest BCUT2D eigenvalue weighted by atomic mass is 35.5. The van der Waals surface area contributed by atoms with Crippen LogP contribution in [0, 0.1) is 0 Å². The molecule has 0 aliphatic carbocycles. The minimum absolute atomic E-state index is 0.0190. The van der Waals surface area contributed by atoms with E-state index >= 15 is 0 Å². The molecule has 18 heavy (non-hydrogen) atoms. The van der Waals surface area contributed by atoms with Crippen molar-refractivity contribution >= 4 is 11.6 Å². The van der Waals surface area contributed by atoms with Gasteiger partial charge >= 0.3 is 0 Å². The van der Waals surface area contributed by atoms with Crippen molar-refractivity contribution in [1.82, 2.24) is 25.5 Å². The number of benzene rings is 1. The van der Waals surface area contributed by atoms with Crippen LogP contribution in [0.3, 0.4) is 0 Å². The molecule has 96 valence electrons. The molecule has 1 aromatic heterocycles. The molecule has 0 saturated heterocycles. The Bertz CT molecular complexity index is 529. The van der Waals surface area contributed by atoms with E-state index in [1.54, 1.807) is 4.68 Å². The van der Waals surface area contributed by atoms with Crippen LogP contribution in [-0.4, -0.2) is 25.7 Å². The van der Waals surface area contributed by atoms with Crippen LogP contribution in [0.25, 0.3) is 5.69 Å². The Morgan fingerprint density at radius 2 is 2.11 bits per heavy atom. The molecule has 0 aliphatic rings. The molecule has 5 nitrogen and oxygen atoms in total. The summed E-state index contributed by atoms with van der Waals surface area (Å²) in [6.07, 6.45) is 0. The molecule has 0 radical (unpaired) electrons. The van der Waals surface area contributed by atoms with Gasteiger partial charge in [-0.15, -0.1) is 5.10 Å². The lowest BCUT2D eigenvalue weighted by atomic mass is 10.1. The van der Waals surface area contributed by atoms with Gasteiger partial charge in [-0.1, -0.05) is 17.7 Å². The van der Waals surface area contributed by atoms with Gasteiger partial charge in [0.2, 0.25) is 0 Å². The van der Waals surface area contributed by atoms with E-state index in [2.05, 4.69) is 41.6 Å². The Labute approximate surface area is 111 Å². The summed E-state index contributed by atoms with van der Waals surface area (Å²) in [4.78, 5) is 0. The molecule has 0 bridgehead atoms. The lowest BCUT2D eigenvalue weighted by molar-refractivity contribution is 0.415. The number of nitrogens with zero attached hydrogens (tertiary/aromatic N) is 4. The van der Waals surface area contributed by atoms with Gasteiger partial charge in [0.15, 0.2) is 5.82 Å². The van der Waals surface area contributed by atoms with Crippen LogP contribution in [0.2, 0.25) is 5.02 Å². The molecular formula is C12H16ClN5. The number of aromatic nitrogens is 4. The summed E-state index contributed by atoms with van der Waals surface area (Å²) in [5.41, 5.74) is 0.878. The maximum absolute atomic E-state index is 5.97. The van der Waals surface area contributed by atoms with E-state index in [4.69, 9.17) is 11.6 Å². The Balaban J connectivity index is 2.23. The molecule has 1 N–H and O–H groups in total. The van der Waals surface area contributed by atoms with Gasteiger partial charge in [-0.25, -0.2) is 0 Å². The Kier molecular flexibility index (Phi) is 3.63. The second-order valence-corrected chi connectivity index (χ2v) is 5.53. The monoisotopic (exact) mass is 265 g/mol. The summed E-state index contributed by atoms with van der Waals surface area (Å²) in [5.74, 6) is 0.757. The van der Waals surface area contributed by atoms with Gasteiger partial charge in [-0.2, -0.15) is 4.68 Å². The van der Waals surface area contributed by atoms with Gasteiger partial charge in [-0.3, -0.25) is 0 Å². The lowest BCUT2D eigenvalue weighted by Crippen LogP contribution is -2.35. The first-order valence-corrected chi connectivity index (χ1v) is 6.12. The van der Waals surface area contributed by atoms with Crippen LogP contribution in [-0.2, 0) is 6.54 Å². The third-order valence-corrected chi connectivity index (χ3v) is 2.60. The van der Waals surface area contributed by atoms with Gasteiger partial charge in [0.1, 0.15) is 0 Å². The van der Waals surface area contributed by atoms with Gasteiger partial charge in [-0.05, 0) is 49.4 Å². The van der Waals surface area contributed by atoms with Crippen molar-refractivity contribution in [2.24, 2.45) is 0 Å². The van der Waals surface area contributed by atoms with Gasteiger partial charge in [0.05, 0.1) is 12.2 Å². The minimum Gasteiger partial charge on any atom is -0.305 e. The number of nitrogens with one attached hydrogen (secondary N) is 1. The summed E-state index contributed by atoms with van der Waals surface area (Å²) in [6.45, 7) is 6.89. The molecule has 0 aliphatic heterocycles. The summed E-state index contributed by atoms with van der Waals surface area (Å²) in [5, 5.41) is 15.7. The van der Waals surface area contributed by atoms with Gasteiger partial charge < -0.3 is 5.32 Å². The Morgan fingerprint density at radius 1 is 1.33 bits per heavy atom. The highest BCUT2D eigenvalue weighted by molar-refractivity contribution is 6.30. The first-order valence-electron chi connectivity index (χ1n) is 5.74. The average molecular weight is 266 g/mol. The SMILES string of the molecule is CC(C)(C)NCc1nnnn1-c1cccc(Cl)c1. The summed E-state index contributed by atoms with van der Waals surface area (Å²) in [7, 11) is 0. The van der Waals surface area contributed by atoms with E-state index in [0.29, 0.717) is 11.6 Å². The summed E-state index contributed by atoms with van der Waals surface area (Å²) >= 11 is 5.97. The molecule has 0 atom stereocenters. The molecule has 1 heterocycles. The molecule has 2 aromatic rings. The number of tetrazole rings is 1. The van der Waals surface area contributed by atoms with Crippen LogP contribution in [0.5, 0.6) is 0 Å². The molecule has 0 amide bonds. The zero-order valence-corrected chi connectivity index (χ0v) is 11.4. The van der Waals surface area contributed by atoms with Gasteiger partial charge in [0.25, 0.3) is 0 Å². The fraction of sp³-hybridized carbons (Fsp3) is 0.417. The normalized spacial score (nSPS) is 11.8.